The Morgan fingerprint density at radius 3 is 2.33 bits per heavy atom. The van der Waals surface area contributed by atoms with Crippen LogP contribution in [0, 0.1) is 5.41 Å². The third kappa shape index (κ3) is 4.97. The highest BCUT2D eigenvalue weighted by atomic mass is 35.5. The van der Waals surface area contributed by atoms with Crippen molar-refractivity contribution >= 4 is 29.0 Å². The zero-order chi connectivity index (χ0) is 21.3. The molecule has 0 bridgehead atoms. The number of nitrogens with one attached hydrogen (secondary N) is 1. The summed E-state index contributed by atoms with van der Waals surface area (Å²) in [6.45, 7) is 12.2. The van der Waals surface area contributed by atoms with Gasteiger partial charge < -0.3 is 9.88 Å². The highest BCUT2D eigenvalue weighted by Crippen LogP contribution is 2.29. The fourth-order valence-corrected chi connectivity index (χ4v) is 4.09. The first kappa shape index (κ1) is 21.2. The van der Waals surface area contributed by atoms with Crippen LogP contribution in [0.15, 0.2) is 42.7 Å². The van der Waals surface area contributed by atoms with Crippen LogP contribution in [0.1, 0.15) is 20.8 Å². The molecule has 1 saturated heterocycles. The lowest BCUT2D eigenvalue weighted by Gasteiger charge is -2.38. The summed E-state index contributed by atoms with van der Waals surface area (Å²) in [7, 11) is 0. The largest absolute Gasteiger partial charge is 0.354 e. The molecule has 3 heterocycles. The van der Waals surface area contributed by atoms with Crippen LogP contribution in [0.5, 0.6) is 0 Å². The molecule has 1 aliphatic rings. The van der Waals surface area contributed by atoms with Crippen LogP contribution >= 0.6 is 23.2 Å². The minimum Gasteiger partial charge on any atom is -0.354 e. The molecule has 4 rings (SSSR count). The van der Waals surface area contributed by atoms with Crippen LogP contribution in [0.2, 0.25) is 10.0 Å². The SMILES string of the molecule is CC(C)(C)CN1CCN(c2ccc(-c3nc(-c4ccc(Cl)c(Cl)c4)c[nH]3)cn2)CC1. The molecule has 7 heteroatoms. The second kappa shape index (κ2) is 8.58. The van der Waals surface area contributed by atoms with E-state index in [0.29, 0.717) is 15.5 Å². The summed E-state index contributed by atoms with van der Waals surface area (Å²) in [5, 5.41) is 1.06. The van der Waals surface area contributed by atoms with Gasteiger partial charge in [-0.2, -0.15) is 0 Å². The number of hydrogen-bond acceptors (Lipinski definition) is 4. The maximum atomic E-state index is 6.13. The minimum absolute atomic E-state index is 0.335. The maximum absolute atomic E-state index is 6.13. The van der Waals surface area contributed by atoms with Crippen molar-refractivity contribution in [3.8, 4) is 22.6 Å². The van der Waals surface area contributed by atoms with Crippen molar-refractivity contribution in [2.75, 3.05) is 37.6 Å². The highest BCUT2D eigenvalue weighted by Gasteiger charge is 2.22. The van der Waals surface area contributed by atoms with E-state index < -0.39 is 0 Å². The second-order valence-electron chi connectivity index (χ2n) is 8.99. The molecule has 2 aromatic heterocycles. The summed E-state index contributed by atoms with van der Waals surface area (Å²) < 4.78 is 0. The summed E-state index contributed by atoms with van der Waals surface area (Å²) in [6, 6.07) is 9.67. The Morgan fingerprint density at radius 1 is 0.967 bits per heavy atom. The van der Waals surface area contributed by atoms with Gasteiger partial charge in [0.15, 0.2) is 0 Å². The molecule has 0 radical (unpaired) electrons. The van der Waals surface area contributed by atoms with E-state index in [1.807, 2.05) is 24.5 Å². The van der Waals surface area contributed by atoms with Crippen molar-refractivity contribution in [3.05, 3.63) is 52.8 Å². The third-order valence-corrected chi connectivity index (χ3v) is 5.95. The van der Waals surface area contributed by atoms with Crippen molar-refractivity contribution in [3.63, 3.8) is 0 Å². The monoisotopic (exact) mass is 443 g/mol. The zero-order valence-corrected chi connectivity index (χ0v) is 19.1. The number of piperazine rings is 1. The van der Waals surface area contributed by atoms with Gasteiger partial charge in [0.25, 0.3) is 0 Å². The molecule has 5 nitrogen and oxygen atoms in total. The van der Waals surface area contributed by atoms with Gasteiger partial charge in [0.2, 0.25) is 0 Å². The summed E-state index contributed by atoms with van der Waals surface area (Å²) in [5.41, 5.74) is 3.03. The van der Waals surface area contributed by atoms with Gasteiger partial charge in [-0.05, 0) is 29.7 Å². The fraction of sp³-hybridized carbons (Fsp3) is 0.391. The van der Waals surface area contributed by atoms with E-state index in [2.05, 4.69) is 47.7 Å². The molecular weight excluding hydrogens is 417 g/mol. The van der Waals surface area contributed by atoms with Gasteiger partial charge in [0.1, 0.15) is 11.6 Å². The van der Waals surface area contributed by atoms with E-state index in [1.54, 1.807) is 6.07 Å². The number of pyridine rings is 1. The molecular formula is C23H27Cl2N5. The van der Waals surface area contributed by atoms with E-state index >= 15 is 0 Å². The molecule has 0 atom stereocenters. The molecule has 0 spiro atoms. The Bertz CT molecular complexity index is 999. The molecule has 158 valence electrons. The highest BCUT2D eigenvalue weighted by molar-refractivity contribution is 6.42. The fourth-order valence-electron chi connectivity index (χ4n) is 3.79. The second-order valence-corrected chi connectivity index (χ2v) is 9.81. The molecule has 0 saturated carbocycles. The molecule has 30 heavy (non-hydrogen) atoms. The average Bonchev–Trinajstić information content (AvgIpc) is 3.20. The van der Waals surface area contributed by atoms with Gasteiger partial charge >= 0.3 is 0 Å². The van der Waals surface area contributed by atoms with Crippen molar-refractivity contribution in [2.24, 2.45) is 5.41 Å². The number of anilines is 1. The van der Waals surface area contributed by atoms with E-state index in [-0.39, 0.29) is 0 Å². The topological polar surface area (TPSA) is 48.0 Å². The Kier molecular flexibility index (Phi) is 6.05. The van der Waals surface area contributed by atoms with Crippen LogP contribution < -0.4 is 4.90 Å². The molecule has 1 fully saturated rings. The Morgan fingerprint density at radius 2 is 1.70 bits per heavy atom. The van der Waals surface area contributed by atoms with Crippen LogP contribution in [0.3, 0.4) is 0 Å². The van der Waals surface area contributed by atoms with E-state index in [4.69, 9.17) is 33.2 Å². The number of aromatic amines is 1. The summed E-state index contributed by atoms with van der Waals surface area (Å²) in [6.07, 6.45) is 3.76. The number of benzene rings is 1. The molecule has 1 N–H and O–H groups in total. The van der Waals surface area contributed by atoms with Gasteiger partial charge in [0, 0.05) is 56.2 Å². The number of rotatable bonds is 4. The lowest BCUT2D eigenvalue weighted by atomic mass is 9.96. The van der Waals surface area contributed by atoms with Crippen molar-refractivity contribution in [1.29, 1.82) is 0 Å². The van der Waals surface area contributed by atoms with Gasteiger partial charge in [-0.25, -0.2) is 9.97 Å². The van der Waals surface area contributed by atoms with Crippen molar-refractivity contribution < 1.29 is 0 Å². The predicted molar refractivity (Wildman–Crippen MR) is 125 cm³/mol. The first-order valence-corrected chi connectivity index (χ1v) is 11.0. The van der Waals surface area contributed by atoms with Gasteiger partial charge in [-0.15, -0.1) is 0 Å². The molecule has 0 aliphatic carbocycles. The summed E-state index contributed by atoms with van der Waals surface area (Å²) >= 11 is 12.1. The maximum Gasteiger partial charge on any atom is 0.139 e. The molecule has 3 aromatic rings. The minimum atomic E-state index is 0.335. The van der Waals surface area contributed by atoms with Crippen LogP contribution in [0.4, 0.5) is 5.82 Å². The average molecular weight is 444 g/mol. The number of imidazole rings is 1. The number of hydrogen-bond donors (Lipinski definition) is 1. The first-order chi connectivity index (χ1) is 14.3. The lowest BCUT2D eigenvalue weighted by Crippen LogP contribution is -2.48. The first-order valence-electron chi connectivity index (χ1n) is 10.2. The molecule has 0 amide bonds. The molecule has 1 aliphatic heterocycles. The summed E-state index contributed by atoms with van der Waals surface area (Å²) in [4.78, 5) is 17.5. The number of nitrogens with zero attached hydrogens (tertiary/aromatic N) is 4. The zero-order valence-electron chi connectivity index (χ0n) is 17.6. The quantitative estimate of drug-likeness (QED) is 0.568. The number of H-pyrrole nitrogens is 1. The Balaban J connectivity index is 1.42. The van der Waals surface area contributed by atoms with Gasteiger partial charge in [-0.3, -0.25) is 4.90 Å². The number of aromatic nitrogens is 3. The smallest absolute Gasteiger partial charge is 0.139 e. The van der Waals surface area contributed by atoms with E-state index in [0.717, 1.165) is 61.2 Å². The Hall–Kier alpha value is -2.08. The Labute approximate surface area is 188 Å². The van der Waals surface area contributed by atoms with Crippen molar-refractivity contribution in [2.45, 2.75) is 20.8 Å². The van der Waals surface area contributed by atoms with Crippen LogP contribution in [0.25, 0.3) is 22.6 Å². The number of halogens is 2. The van der Waals surface area contributed by atoms with Gasteiger partial charge in [0.05, 0.1) is 15.7 Å². The molecule has 0 unspecified atom stereocenters. The predicted octanol–water partition coefficient (Wildman–Crippen LogP) is 5.61. The van der Waals surface area contributed by atoms with Crippen LogP contribution in [-0.2, 0) is 0 Å². The standard InChI is InChI=1S/C23H27Cl2N5/c1-23(2,3)15-29-8-10-30(11-9-29)21-7-5-17(13-26-21)22-27-14-20(28-22)16-4-6-18(24)19(25)12-16/h4-7,12-14H,8-11,15H2,1-3H3,(H,27,28). The summed E-state index contributed by atoms with van der Waals surface area (Å²) in [5.74, 6) is 1.80. The molecule has 1 aromatic carbocycles. The van der Waals surface area contributed by atoms with Gasteiger partial charge in [-0.1, -0.05) is 50.0 Å². The lowest BCUT2D eigenvalue weighted by molar-refractivity contribution is 0.182. The van der Waals surface area contributed by atoms with Crippen LogP contribution in [-0.4, -0.2) is 52.6 Å². The van der Waals surface area contributed by atoms with E-state index in [9.17, 15) is 0 Å². The normalized spacial score (nSPS) is 15.6. The third-order valence-electron chi connectivity index (χ3n) is 5.21. The van der Waals surface area contributed by atoms with E-state index in [1.165, 1.54) is 0 Å². The van der Waals surface area contributed by atoms with Crippen molar-refractivity contribution in [1.82, 2.24) is 19.9 Å².